The van der Waals surface area contributed by atoms with Crippen molar-refractivity contribution in [2.24, 2.45) is 0 Å². The van der Waals surface area contributed by atoms with Crippen molar-refractivity contribution in [3.8, 4) is 0 Å². The second-order valence-electron chi connectivity index (χ2n) is 4.46. The van der Waals surface area contributed by atoms with E-state index in [-0.39, 0.29) is 5.60 Å². The summed E-state index contributed by atoms with van der Waals surface area (Å²) in [5, 5.41) is 3.95. The molecule has 0 aliphatic carbocycles. The third kappa shape index (κ3) is 2.94. The minimum absolute atomic E-state index is 0.00527. The number of rotatable bonds is 4. The first-order valence-corrected chi connectivity index (χ1v) is 6.01. The SMILES string of the molecule is CC1(CNCc2cccnc2Cl)CCCO1. The molecule has 0 bridgehead atoms. The van der Waals surface area contributed by atoms with Gasteiger partial charge in [-0.15, -0.1) is 0 Å². The summed E-state index contributed by atoms with van der Waals surface area (Å²) in [7, 11) is 0. The Bertz CT molecular complexity index is 351. The van der Waals surface area contributed by atoms with Gasteiger partial charge in [0, 0.05) is 31.5 Å². The monoisotopic (exact) mass is 240 g/mol. The average molecular weight is 241 g/mol. The van der Waals surface area contributed by atoms with Crippen molar-refractivity contribution >= 4 is 11.6 Å². The highest BCUT2D eigenvalue weighted by Gasteiger charge is 2.28. The Morgan fingerprint density at radius 2 is 2.50 bits per heavy atom. The van der Waals surface area contributed by atoms with Crippen LogP contribution in [0.5, 0.6) is 0 Å². The molecule has 1 aliphatic rings. The molecule has 1 atom stereocenters. The van der Waals surface area contributed by atoms with E-state index in [1.165, 1.54) is 0 Å². The van der Waals surface area contributed by atoms with E-state index in [1.807, 2.05) is 12.1 Å². The fourth-order valence-electron chi connectivity index (χ4n) is 1.99. The molecule has 0 aromatic carbocycles. The molecule has 1 N–H and O–H groups in total. The van der Waals surface area contributed by atoms with Crippen LogP contribution < -0.4 is 5.32 Å². The highest BCUT2D eigenvalue weighted by atomic mass is 35.5. The lowest BCUT2D eigenvalue weighted by molar-refractivity contribution is 0.0207. The molecule has 0 amide bonds. The zero-order chi connectivity index (χ0) is 11.4. The molecule has 88 valence electrons. The number of halogens is 1. The molecule has 4 heteroatoms. The van der Waals surface area contributed by atoms with Gasteiger partial charge in [-0.3, -0.25) is 0 Å². The van der Waals surface area contributed by atoms with Crippen molar-refractivity contribution in [1.29, 1.82) is 0 Å². The van der Waals surface area contributed by atoms with Crippen LogP contribution in [0.2, 0.25) is 5.15 Å². The summed E-state index contributed by atoms with van der Waals surface area (Å²) >= 11 is 5.97. The Labute approximate surface area is 101 Å². The lowest BCUT2D eigenvalue weighted by Crippen LogP contribution is -2.36. The molecular formula is C12H17ClN2O. The van der Waals surface area contributed by atoms with Gasteiger partial charge in [0.2, 0.25) is 0 Å². The quantitative estimate of drug-likeness (QED) is 0.821. The minimum Gasteiger partial charge on any atom is -0.374 e. The van der Waals surface area contributed by atoms with Gasteiger partial charge in [-0.05, 0) is 25.8 Å². The highest BCUT2D eigenvalue weighted by Crippen LogP contribution is 2.24. The van der Waals surface area contributed by atoms with Crippen LogP contribution in [0.1, 0.15) is 25.3 Å². The number of ether oxygens (including phenoxy) is 1. The van der Waals surface area contributed by atoms with E-state index in [1.54, 1.807) is 6.20 Å². The molecule has 1 aliphatic heterocycles. The van der Waals surface area contributed by atoms with Crippen LogP contribution in [-0.4, -0.2) is 23.7 Å². The molecule has 0 saturated carbocycles. The maximum absolute atomic E-state index is 5.97. The fraction of sp³-hybridized carbons (Fsp3) is 0.583. The topological polar surface area (TPSA) is 34.2 Å². The summed E-state index contributed by atoms with van der Waals surface area (Å²) in [6, 6.07) is 3.89. The van der Waals surface area contributed by atoms with Gasteiger partial charge in [-0.25, -0.2) is 4.98 Å². The predicted octanol–water partition coefficient (Wildman–Crippen LogP) is 2.39. The Balaban J connectivity index is 1.82. The Hall–Kier alpha value is -0.640. The summed E-state index contributed by atoms with van der Waals surface area (Å²) in [5.74, 6) is 0. The molecule has 3 nitrogen and oxygen atoms in total. The van der Waals surface area contributed by atoms with Gasteiger partial charge in [0.15, 0.2) is 0 Å². The largest absolute Gasteiger partial charge is 0.374 e. The van der Waals surface area contributed by atoms with Crippen LogP contribution in [-0.2, 0) is 11.3 Å². The molecular weight excluding hydrogens is 224 g/mol. The van der Waals surface area contributed by atoms with Crippen LogP contribution >= 0.6 is 11.6 Å². The van der Waals surface area contributed by atoms with E-state index in [9.17, 15) is 0 Å². The maximum atomic E-state index is 5.97. The van der Waals surface area contributed by atoms with E-state index in [0.717, 1.165) is 38.1 Å². The Morgan fingerprint density at radius 3 is 3.19 bits per heavy atom. The van der Waals surface area contributed by atoms with Gasteiger partial charge in [-0.1, -0.05) is 17.7 Å². The number of nitrogens with zero attached hydrogens (tertiary/aromatic N) is 1. The van der Waals surface area contributed by atoms with Crippen LogP contribution in [0.3, 0.4) is 0 Å². The number of hydrogen-bond acceptors (Lipinski definition) is 3. The van der Waals surface area contributed by atoms with Crippen LogP contribution in [0.25, 0.3) is 0 Å². The molecule has 2 heterocycles. The predicted molar refractivity (Wildman–Crippen MR) is 64.5 cm³/mol. The molecule has 16 heavy (non-hydrogen) atoms. The zero-order valence-corrected chi connectivity index (χ0v) is 10.3. The molecule has 1 unspecified atom stereocenters. The van der Waals surface area contributed by atoms with Crippen molar-refractivity contribution in [2.45, 2.75) is 31.9 Å². The van der Waals surface area contributed by atoms with Crippen LogP contribution in [0.15, 0.2) is 18.3 Å². The molecule has 1 aromatic heterocycles. The third-order valence-electron chi connectivity index (χ3n) is 2.95. The van der Waals surface area contributed by atoms with Gasteiger partial charge in [0.05, 0.1) is 5.60 Å². The maximum Gasteiger partial charge on any atom is 0.133 e. The smallest absolute Gasteiger partial charge is 0.133 e. The standard InChI is InChI=1S/C12H17ClN2O/c1-12(5-3-7-16-12)9-14-8-10-4-2-6-15-11(10)13/h2,4,6,14H,3,5,7-9H2,1H3. The first-order valence-electron chi connectivity index (χ1n) is 5.64. The minimum atomic E-state index is -0.00527. The molecule has 0 spiro atoms. The molecule has 1 fully saturated rings. The summed E-state index contributed by atoms with van der Waals surface area (Å²) < 4.78 is 5.70. The van der Waals surface area contributed by atoms with E-state index in [2.05, 4.69) is 17.2 Å². The van der Waals surface area contributed by atoms with Crippen molar-refractivity contribution in [2.75, 3.05) is 13.2 Å². The molecule has 2 rings (SSSR count). The Morgan fingerprint density at radius 1 is 1.62 bits per heavy atom. The van der Waals surface area contributed by atoms with E-state index in [4.69, 9.17) is 16.3 Å². The van der Waals surface area contributed by atoms with Gasteiger partial charge >= 0.3 is 0 Å². The van der Waals surface area contributed by atoms with E-state index in [0.29, 0.717) is 5.15 Å². The van der Waals surface area contributed by atoms with Gasteiger partial charge in [-0.2, -0.15) is 0 Å². The van der Waals surface area contributed by atoms with Crippen molar-refractivity contribution in [1.82, 2.24) is 10.3 Å². The first-order chi connectivity index (χ1) is 7.70. The van der Waals surface area contributed by atoms with Gasteiger partial charge in [0.1, 0.15) is 5.15 Å². The first kappa shape index (κ1) is 11.8. The van der Waals surface area contributed by atoms with Gasteiger partial charge in [0.25, 0.3) is 0 Å². The van der Waals surface area contributed by atoms with Crippen LogP contribution in [0, 0.1) is 0 Å². The van der Waals surface area contributed by atoms with E-state index >= 15 is 0 Å². The number of pyridine rings is 1. The third-order valence-corrected chi connectivity index (χ3v) is 3.29. The van der Waals surface area contributed by atoms with Gasteiger partial charge < -0.3 is 10.1 Å². The molecule has 0 radical (unpaired) electrons. The van der Waals surface area contributed by atoms with Crippen LogP contribution in [0.4, 0.5) is 0 Å². The van der Waals surface area contributed by atoms with Crippen molar-refractivity contribution < 1.29 is 4.74 Å². The Kier molecular flexibility index (Phi) is 3.79. The lowest BCUT2D eigenvalue weighted by Gasteiger charge is -2.23. The summed E-state index contributed by atoms with van der Waals surface area (Å²) in [6.07, 6.45) is 3.99. The lowest BCUT2D eigenvalue weighted by atomic mass is 10.0. The molecule has 1 aromatic rings. The fourth-order valence-corrected chi connectivity index (χ4v) is 2.18. The zero-order valence-electron chi connectivity index (χ0n) is 9.50. The summed E-state index contributed by atoms with van der Waals surface area (Å²) in [4.78, 5) is 4.04. The number of hydrogen-bond donors (Lipinski definition) is 1. The molecule has 1 saturated heterocycles. The number of nitrogens with one attached hydrogen (secondary N) is 1. The summed E-state index contributed by atoms with van der Waals surface area (Å²) in [6.45, 7) is 4.63. The van der Waals surface area contributed by atoms with Crippen molar-refractivity contribution in [3.05, 3.63) is 29.0 Å². The van der Waals surface area contributed by atoms with Crippen molar-refractivity contribution in [3.63, 3.8) is 0 Å². The number of aromatic nitrogens is 1. The van der Waals surface area contributed by atoms with E-state index < -0.39 is 0 Å². The second kappa shape index (κ2) is 5.13. The summed E-state index contributed by atoms with van der Waals surface area (Å²) in [5.41, 5.74) is 1.03. The highest BCUT2D eigenvalue weighted by molar-refractivity contribution is 6.30. The average Bonchev–Trinajstić information content (AvgIpc) is 2.68. The second-order valence-corrected chi connectivity index (χ2v) is 4.82. The normalized spacial score (nSPS) is 24.9.